The molecule has 0 atom stereocenters. The maximum atomic E-state index is 11.6. The number of Topliss-reactive ketones (excluding diaryl/α,β-unsaturated/α-hetero) is 1. The first-order chi connectivity index (χ1) is 9.02. The number of rotatable bonds is 6. The van der Waals surface area contributed by atoms with Crippen molar-refractivity contribution in [3.8, 4) is 0 Å². The Kier molecular flexibility index (Phi) is 5.73. The van der Waals surface area contributed by atoms with E-state index < -0.39 is 18.5 Å². The third-order valence-electron chi connectivity index (χ3n) is 2.50. The number of ether oxygens (including phenoxy) is 2. The average Bonchev–Trinajstić information content (AvgIpc) is 2.42. The molecule has 0 aromatic heterocycles. The van der Waals surface area contributed by atoms with E-state index in [0.717, 1.165) is 5.56 Å². The van der Waals surface area contributed by atoms with Crippen LogP contribution in [0, 0.1) is 0 Å². The molecule has 0 heterocycles. The molecular weight excluding hydrogens is 248 g/mol. The van der Waals surface area contributed by atoms with Gasteiger partial charge in [0.15, 0.2) is 6.61 Å². The van der Waals surface area contributed by atoms with Gasteiger partial charge in [0.1, 0.15) is 5.78 Å². The fourth-order valence-corrected chi connectivity index (χ4v) is 1.39. The Morgan fingerprint density at radius 2 is 1.74 bits per heavy atom. The van der Waals surface area contributed by atoms with Crippen molar-refractivity contribution in [2.24, 2.45) is 0 Å². The third kappa shape index (κ3) is 5.33. The Labute approximate surface area is 111 Å². The summed E-state index contributed by atoms with van der Waals surface area (Å²) >= 11 is 0. The van der Waals surface area contributed by atoms with E-state index in [9.17, 15) is 14.4 Å². The molecule has 1 aromatic carbocycles. The molecule has 5 heteroatoms. The van der Waals surface area contributed by atoms with Gasteiger partial charge in [-0.3, -0.25) is 0 Å². The molecule has 102 valence electrons. The highest BCUT2D eigenvalue weighted by atomic mass is 16.6. The van der Waals surface area contributed by atoms with Crippen molar-refractivity contribution in [2.75, 3.05) is 13.7 Å². The predicted molar refractivity (Wildman–Crippen MR) is 67.7 cm³/mol. The lowest BCUT2D eigenvalue weighted by Crippen LogP contribution is -2.15. The van der Waals surface area contributed by atoms with E-state index in [1.165, 1.54) is 7.11 Å². The summed E-state index contributed by atoms with van der Waals surface area (Å²) in [6.07, 6.45) is 1.12. The summed E-state index contributed by atoms with van der Waals surface area (Å²) in [7, 11) is 1.22. The summed E-state index contributed by atoms with van der Waals surface area (Å²) < 4.78 is 9.11. The number of methoxy groups -OCH3 is 1. The number of esters is 2. The van der Waals surface area contributed by atoms with Gasteiger partial charge >= 0.3 is 11.9 Å². The molecule has 0 fully saturated rings. The summed E-state index contributed by atoms with van der Waals surface area (Å²) in [5.74, 6) is -1.06. The number of ketones is 1. The van der Waals surface area contributed by atoms with E-state index in [0.29, 0.717) is 18.4 Å². The fraction of sp³-hybridized carbons (Fsp3) is 0.357. The highest BCUT2D eigenvalue weighted by Gasteiger charge is 2.10. The molecular formula is C14H16O5. The molecule has 5 nitrogen and oxygen atoms in total. The average molecular weight is 264 g/mol. The molecule has 0 amide bonds. The number of carbonyl (C=O) groups excluding carboxylic acids is 3. The van der Waals surface area contributed by atoms with Gasteiger partial charge in [0.25, 0.3) is 0 Å². The quantitative estimate of drug-likeness (QED) is 0.729. The number of carbonyl (C=O) groups is 3. The lowest BCUT2D eigenvalue weighted by atomic mass is 10.1. The van der Waals surface area contributed by atoms with E-state index in [4.69, 9.17) is 4.74 Å². The van der Waals surface area contributed by atoms with Crippen LogP contribution in [0.4, 0.5) is 0 Å². The number of benzene rings is 1. The molecule has 1 rings (SSSR count). The Bertz CT molecular complexity index is 461. The fourth-order valence-electron chi connectivity index (χ4n) is 1.39. The van der Waals surface area contributed by atoms with Crippen LogP contribution in [0.3, 0.4) is 0 Å². The van der Waals surface area contributed by atoms with Crippen molar-refractivity contribution in [2.45, 2.75) is 19.8 Å². The van der Waals surface area contributed by atoms with Crippen LogP contribution < -0.4 is 0 Å². The minimum Gasteiger partial charge on any atom is -0.466 e. The zero-order valence-corrected chi connectivity index (χ0v) is 11.0. The second-order valence-electron chi connectivity index (χ2n) is 4.05. The van der Waals surface area contributed by atoms with Gasteiger partial charge in [-0.15, -0.1) is 0 Å². The van der Waals surface area contributed by atoms with Crippen LogP contribution >= 0.6 is 0 Å². The maximum Gasteiger partial charge on any atom is 0.344 e. The number of aryl methyl sites for hydroxylation is 1. The van der Waals surface area contributed by atoms with Gasteiger partial charge in [-0.1, -0.05) is 12.1 Å². The highest BCUT2D eigenvalue weighted by molar-refractivity contribution is 5.90. The maximum absolute atomic E-state index is 11.6. The van der Waals surface area contributed by atoms with Crippen LogP contribution in [0.25, 0.3) is 0 Å². The van der Waals surface area contributed by atoms with Crippen molar-refractivity contribution in [1.29, 1.82) is 0 Å². The molecule has 1 aromatic rings. The minimum absolute atomic E-state index is 0.126. The van der Waals surface area contributed by atoms with Gasteiger partial charge in [0.05, 0.1) is 12.7 Å². The number of hydrogen-bond donors (Lipinski definition) is 0. The van der Waals surface area contributed by atoms with E-state index in [-0.39, 0.29) is 5.78 Å². The summed E-state index contributed by atoms with van der Waals surface area (Å²) in [6.45, 7) is 1.14. The molecule has 0 saturated heterocycles. The molecule has 0 spiro atoms. The van der Waals surface area contributed by atoms with Crippen molar-refractivity contribution >= 4 is 17.7 Å². The molecule has 0 aliphatic heterocycles. The Morgan fingerprint density at radius 1 is 1.11 bits per heavy atom. The standard InChI is InChI=1S/C14H16O5/c1-10(15)3-4-11-5-7-12(8-6-11)14(17)19-9-13(16)18-2/h5-8H,3-4,9H2,1-2H3. The van der Waals surface area contributed by atoms with Gasteiger partial charge < -0.3 is 14.3 Å². The molecule has 0 N–H and O–H groups in total. The van der Waals surface area contributed by atoms with Crippen LogP contribution in [0.1, 0.15) is 29.3 Å². The van der Waals surface area contributed by atoms with Crippen molar-refractivity contribution < 1.29 is 23.9 Å². The van der Waals surface area contributed by atoms with Gasteiger partial charge in [-0.25, -0.2) is 9.59 Å². The molecule has 0 aliphatic rings. The Morgan fingerprint density at radius 3 is 2.26 bits per heavy atom. The topological polar surface area (TPSA) is 69.7 Å². The third-order valence-corrected chi connectivity index (χ3v) is 2.50. The van der Waals surface area contributed by atoms with Crippen LogP contribution in [-0.4, -0.2) is 31.4 Å². The summed E-state index contributed by atoms with van der Waals surface area (Å²) in [6, 6.07) is 6.74. The molecule has 0 aliphatic carbocycles. The second kappa shape index (κ2) is 7.31. The molecule has 0 bridgehead atoms. The highest BCUT2D eigenvalue weighted by Crippen LogP contribution is 2.08. The van der Waals surface area contributed by atoms with Crippen LogP contribution in [-0.2, 0) is 25.5 Å². The number of hydrogen-bond acceptors (Lipinski definition) is 5. The van der Waals surface area contributed by atoms with E-state index in [2.05, 4.69) is 4.74 Å². The predicted octanol–water partition coefficient (Wildman–Crippen LogP) is 1.54. The molecule has 0 radical (unpaired) electrons. The van der Waals surface area contributed by atoms with E-state index in [1.54, 1.807) is 31.2 Å². The zero-order chi connectivity index (χ0) is 14.3. The first-order valence-corrected chi connectivity index (χ1v) is 5.85. The van der Waals surface area contributed by atoms with Crippen LogP contribution in [0.2, 0.25) is 0 Å². The molecule has 0 unspecified atom stereocenters. The van der Waals surface area contributed by atoms with Gasteiger partial charge in [-0.05, 0) is 31.0 Å². The normalized spacial score (nSPS) is 9.79. The smallest absolute Gasteiger partial charge is 0.344 e. The van der Waals surface area contributed by atoms with Crippen molar-refractivity contribution in [3.05, 3.63) is 35.4 Å². The first-order valence-electron chi connectivity index (χ1n) is 5.85. The Balaban J connectivity index is 2.53. The Hall–Kier alpha value is -2.17. The summed E-state index contributed by atoms with van der Waals surface area (Å²) in [4.78, 5) is 33.2. The van der Waals surface area contributed by atoms with Gasteiger partial charge in [0.2, 0.25) is 0 Å². The lowest BCUT2D eigenvalue weighted by Gasteiger charge is -2.04. The van der Waals surface area contributed by atoms with E-state index in [1.807, 2.05) is 0 Å². The zero-order valence-electron chi connectivity index (χ0n) is 11.0. The SMILES string of the molecule is COC(=O)COC(=O)c1ccc(CCC(C)=O)cc1. The monoisotopic (exact) mass is 264 g/mol. The second-order valence-corrected chi connectivity index (χ2v) is 4.05. The van der Waals surface area contributed by atoms with Crippen LogP contribution in [0.5, 0.6) is 0 Å². The molecule has 0 saturated carbocycles. The van der Waals surface area contributed by atoms with E-state index >= 15 is 0 Å². The summed E-state index contributed by atoms with van der Waals surface area (Å²) in [5, 5.41) is 0. The van der Waals surface area contributed by atoms with Gasteiger partial charge in [0, 0.05) is 6.42 Å². The van der Waals surface area contributed by atoms with Crippen molar-refractivity contribution in [1.82, 2.24) is 0 Å². The minimum atomic E-state index is -0.605. The first kappa shape index (κ1) is 14.9. The summed E-state index contributed by atoms with van der Waals surface area (Å²) in [5.41, 5.74) is 1.33. The molecule has 19 heavy (non-hydrogen) atoms. The largest absolute Gasteiger partial charge is 0.466 e. The van der Waals surface area contributed by atoms with Gasteiger partial charge in [-0.2, -0.15) is 0 Å². The van der Waals surface area contributed by atoms with Crippen molar-refractivity contribution in [3.63, 3.8) is 0 Å². The van der Waals surface area contributed by atoms with Crippen LogP contribution in [0.15, 0.2) is 24.3 Å². The lowest BCUT2D eigenvalue weighted by molar-refractivity contribution is -0.144.